The molecule has 4 nitrogen and oxygen atoms in total. The van der Waals surface area contributed by atoms with E-state index in [4.69, 9.17) is 0 Å². The topological polar surface area (TPSA) is 49.4 Å². The standard InChI is InChI=1S/C21H22F2N2O2/c22-18-7-3-1-5-15(18)9-11-24-21(27)17-13-20(26)25(14-17)12-10-16-6-2-4-8-19(16)23/h1-8,17H,9-14H2,(H,24,27). The minimum Gasteiger partial charge on any atom is -0.355 e. The van der Waals surface area contributed by atoms with Crippen molar-refractivity contribution in [2.24, 2.45) is 5.92 Å². The molecule has 1 atom stereocenters. The van der Waals surface area contributed by atoms with Crippen molar-refractivity contribution in [1.82, 2.24) is 10.2 Å². The summed E-state index contributed by atoms with van der Waals surface area (Å²) in [4.78, 5) is 26.0. The maximum Gasteiger partial charge on any atom is 0.225 e. The first-order valence-electron chi connectivity index (χ1n) is 9.07. The number of likely N-dealkylation sites (tertiary alicyclic amines) is 1. The second-order valence-corrected chi connectivity index (χ2v) is 6.71. The quantitative estimate of drug-likeness (QED) is 0.813. The number of hydrogen-bond acceptors (Lipinski definition) is 2. The molecule has 1 heterocycles. The summed E-state index contributed by atoms with van der Waals surface area (Å²) in [5.41, 5.74) is 1.11. The molecule has 142 valence electrons. The summed E-state index contributed by atoms with van der Waals surface area (Å²) in [6.07, 6.45) is 0.971. The molecule has 2 amide bonds. The summed E-state index contributed by atoms with van der Waals surface area (Å²) in [6, 6.07) is 12.9. The zero-order valence-corrected chi connectivity index (χ0v) is 15.0. The van der Waals surface area contributed by atoms with Crippen molar-refractivity contribution in [3.63, 3.8) is 0 Å². The molecule has 1 aliphatic heterocycles. The Hall–Kier alpha value is -2.76. The van der Waals surface area contributed by atoms with E-state index in [1.165, 1.54) is 12.1 Å². The van der Waals surface area contributed by atoms with Gasteiger partial charge in [0.15, 0.2) is 0 Å². The van der Waals surface area contributed by atoms with Crippen LogP contribution in [0.3, 0.4) is 0 Å². The van der Waals surface area contributed by atoms with E-state index in [0.29, 0.717) is 43.6 Å². The molecule has 2 aromatic carbocycles. The number of hydrogen-bond donors (Lipinski definition) is 1. The maximum atomic E-state index is 13.7. The third-order valence-electron chi connectivity index (χ3n) is 4.85. The van der Waals surface area contributed by atoms with Crippen molar-refractivity contribution in [1.29, 1.82) is 0 Å². The Balaban J connectivity index is 1.46. The molecule has 0 aliphatic carbocycles. The van der Waals surface area contributed by atoms with E-state index in [1.807, 2.05) is 0 Å². The average Bonchev–Trinajstić information content (AvgIpc) is 3.03. The van der Waals surface area contributed by atoms with E-state index in [-0.39, 0.29) is 29.9 Å². The van der Waals surface area contributed by atoms with Crippen LogP contribution in [0.5, 0.6) is 0 Å². The van der Waals surface area contributed by atoms with Gasteiger partial charge in [0.25, 0.3) is 0 Å². The van der Waals surface area contributed by atoms with Crippen molar-refractivity contribution in [2.45, 2.75) is 19.3 Å². The van der Waals surface area contributed by atoms with Crippen LogP contribution in [0.1, 0.15) is 17.5 Å². The van der Waals surface area contributed by atoms with E-state index < -0.39 is 5.92 Å². The number of carbonyl (C=O) groups excluding carboxylic acids is 2. The largest absolute Gasteiger partial charge is 0.355 e. The Morgan fingerprint density at radius 2 is 1.59 bits per heavy atom. The van der Waals surface area contributed by atoms with E-state index in [2.05, 4.69) is 5.32 Å². The first-order valence-corrected chi connectivity index (χ1v) is 9.07. The van der Waals surface area contributed by atoms with Gasteiger partial charge in [-0.25, -0.2) is 8.78 Å². The Labute approximate surface area is 157 Å². The fraction of sp³-hybridized carbons (Fsp3) is 0.333. The zero-order valence-electron chi connectivity index (χ0n) is 15.0. The maximum absolute atomic E-state index is 13.7. The van der Waals surface area contributed by atoms with Crippen LogP contribution in [0, 0.1) is 17.6 Å². The highest BCUT2D eigenvalue weighted by Crippen LogP contribution is 2.19. The molecular weight excluding hydrogens is 350 g/mol. The Morgan fingerprint density at radius 3 is 2.22 bits per heavy atom. The summed E-state index contributed by atoms with van der Waals surface area (Å²) >= 11 is 0. The van der Waals surface area contributed by atoms with Gasteiger partial charge >= 0.3 is 0 Å². The number of rotatable bonds is 7. The van der Waals surface area contributed by atoms with E-state index in [0.717, 1.165) is 0 Å². The molecule has 0 saturated carbocycles. The monoisotopic (exact) mass is 372 g/mol. The number of amides is 2. The highest BCUT2D eigenvalue weighted by molar-refractivity contribution is 5.89. The molecule has 2 aromatic rings. The lowest BCUT2D eigenvalue weighted by atomic mass is 10.1. The molecule has 0 aromatic heterocycles. The summed E-state index contributed by atoms with van der Waals surface area (Å²) in [6.45, 7) is 1.04. The fourth-order valence-electron chi connectivity index (χ4n) is 3.29. The second kappa shape index (κ2) is 8.75. The number of halogens is 2. The van der Waals surface area contributed by atoms with Gasteiger partial charge in [0.1, 0.15) is 11.6 Å². The normalized spacial score (nSPS) is 16.6. The van der Waals surface area contributed by atoms with Gasteiger partial charge in [0.2, 0.25) is 11.8 Å². The fourth-order valence-corrected chi connectivity index (χ4v) is 3.29. The van der Waals surface area contributed by atoms with Gasteiger partial charge in [-0.1, -0.05) is 36.4 Å². The van der Waals surface area contributed by atoms with Gasteiger partial charge in [0, 0.05) is 26.1 Å². The second-order valence-electron chi connectivity index (χ2n) is 6.71. The van der Waals surface area contributed by atoms with Crippen LogP contribution in [0.4, 0.5) is 8.78 Å². The van der Waals surface area contributed by atoms with Crippen LogP contribution in [0.15, 0.2) is 48.5 Å². The van der Waals surface area contributed by atoms with Gasteiger partial charge < -0.3 is 10.2 Å². The molecule has 3 rings (SSSR count). The van der Waals surface area contributed by atoms with Crippen molar-refractivity contribution in [2.75, 3.05) is 19.6 Å². The molecule has 1 fully saturated rings. The molecule has 27 heavy (non-hydrogen) atoms. The van der Waals surface area contributed by atoms with Crippen LogP contribution in [-0.2, 0) is 22.4 Å². The molecular formula is C21H22F2N2O2. The molecule has 0 bridgehead atoms. The first-order chi connectivity index (χ1) is 13.0. The highest BCUT2D eigenvalue weighted by Gasteiger charge is 2.33. The highest BCUT2D eigenvalue weighted by atomic mass is 19.1. The smallest absolute Gasteiger partial charge is 0.225 e. The zero-order chi connectivity index (χ0) is 19.2. The molecule has 0 radical (unpaired) electrons. The summed E-state index contributed by atoms with van der Waals surface area (Å²) < 4.78 is 27.3. The molecule has 0 spiro atoms. The van der Waals surface area contributed by atoms with Crippen molar-refractivity contribution in [3.05, 3.63) is 71.3 Å². The minimum absolute atomic E-state index is 0.0967. The number of nitrogens with zero attached hydrogens (tertiary/aromatic N) is 1. The lowest BCUT2D eigenvalue weighted by Crippen LogP contribution is -2.34. The van der Waals surface area contributed by atoms with E-state index in [9.17, 15) is 18.4 Å². The SMILES string of the molecule is O=C(NCCc1ccccc1F)C1CC(=O)N(CCc2ccccc2F)C1. The van der Waals surface area contributed by atoms with Gasteiger partial charge in [-0.05, 0) is 36.1 Å². The molecule has 1 unspecified atom stereocenters. The predicted octanol–water partition coefficient (Wildman–Crippen LogP) is 2.71. The van der Waals surface area contributed by atoms with Gasteiger partial charge in [0.05, 0.1) is 5.92 Å². The van der Waals surface area contributed by atoms with Crippen LogP contribution in [0.25, 0.3) is 0 Å². The Morgan fingerprint density at radius 1 is 1.00 bits per heavy atom. The third-order valence-corrected chi connectivity index (χ3v) is 4.85. The summed E-state index contributed by atoms with van der Waals surface area (Å²) in [7, 11) is 0. The van der Waals surface area contributed by atoms with E-state index in [1.54, 1.807) is 41.3 Å². The minimum atomic E-state index is -0.418. The van der Waals surface area contributed by atoms with Crippen LogP contribution < -0.4 is 5.32 Å². The van der Waals surface area contributed by atoms with Gasteiger partial charge in [-0.2, -0.15) is 0 Å². The number of benzene rings is 2. The van der Waals surface area contributed by atoms with Crippen LogP contribution in [-0.4, -0.2) is 36.3 Å². The predicted molar refractivity (Wildman–Crippen MR) is 97.9 cm³/mol. The summed E-state index contributed by atoms with van der Waals surface area (Å²) in [5, 5.41) is 2.78. The van der Waals surface area contributed by atoms with Gasteiger partial charge in [-0.15, -0.1) is 0 Å². The summed E-state index contributed by atoms with van der Waals surface area (Å²) in [5.74, 6) is -1.29. The van der Waals surface area contributed by atoms with Crippen molar-refractivity contribution < 1.29 is 18.4 Å². The first kappa shape index (κ1) is 19.0. The third kappa shape index (κ3) is 4.90. The molecule has 6 heteroatoms. The average molecular weight is 372 g/mol. The number of carbonyl (C=O) groups is 2. The molecule has 1 N–H and O–H groups in total. The Kier molecular flexibility index (Phi) is 6.16. The van der Waals surface area contributed by atoms with E-state index >= 15 is 0 Å². The van der Waals surface area contributed by atoms with Crippen molar-refractivity contribution in [3.8, 4) is 0 Å². The number of nitrogens with one attached hydrogen (secondary N) is 1. The lowest BCUT2D eigenvalue weighted by Gasteiger charge is -2.17. The Bertz CT molecular complexity index is 825. The van der Waals surface area contributed by atoms with Crippen LogP contribution in [0.2, 0.25) is 0 Å². The molecule has 1 aliphatic rings. The van der Waals surface area contributed by atoms with Gasteiger partial charge in [-0.3, -0.25) is 9.59 Å². The molecule has 1 saturated heterocycles. The van der Waals surface area contributed by atoms with Crippen molar-refractivity contribution >= 4 is 11.8 Å². The van der Waals surface area contributed by atoms with Crippen LogP contribution >= 0.6 is 0 Å². The lowest BCUT2D eigenvalue weighted by molar-refractivity contribution is -0.129.